The Labute approximate surface area is 159 Å². The second kappa shape index (κ2) is 8.92. The molecule has 1 aliphatic heterocycles. The summed E-state index contributed by atoms with van der Waals surface area (Å²) in [5.41, 5.74) is 2.16. The Morgan fingerprint density at radius 1 is 1.00 bits per heavy atom. The number of hydrazone groups is 1. The Morgan fingerprint density at radius 2 is 1.73 bits per heavy atom. The topological polar surface area (TPSA) is 37.3 Å². The maximum atomic E-state index is 6.26. The molecule has 0 aromatic heterocycles. The predicted molar refractivity (Wildman–Crippen MR) is 105 cm³/mol. The first kappa shape index (κ1) is 18.5. The second-order valence-electron chi connectivity index (χ2n) is 6.18. The van der Waals surface area contributed by atoms with E-state index in [-0.39, 0.29) is 0 Å². The lowest BCUT2D eigenvalue weighted by molar-refractivity contribution is 0.131. The highest BCUT2D eigenvalue weighted by atomic mass is 35.5. The van der Waals surface area contributed by atoms with Gasteiger partial charge < -0.3 is 9.47 Å². The van der Waals surface area contributed by atoms with E-state index in [1.54, 1.807) is 14.2 Å². The summed E-state index contributed by atoms with van der Waals surface area (Å²) in [6.45, 7) is 4.61. The number of methoxy groups -OCH3 is 2. The number of piperazine rings is 1. The van der Waals surface area contributed by atoms with Crippen molar-refractivity contribution in [2.75, 3.05) is 40.4 Å². The van der Waals surface area contributed by atoms with Crippen molar-refractivity contribution in [3.8, 4) is 11.5 Å². The van der Waals surface area contributed by atoms with Crippen LogP contribution in [0.1, 0.15) is 11.1 Å². The zero-order chi connectivity index (χ0) is 18.4. The van der Waals surface area contributed by atoms with Gasteiger partial charge in [-0.05, 0) is 35.4 Å². The molecule has 5 nitrogen and oxygen atoms in total. The van der Waals surface area contributed by atoms with Gasteiger partial charge in [-0.15, -0.1) is 0 Å². The van der Waals surface area contributed by atoms with Crippen molar-refractivity contribution in [1.29, 1.82) is 0 Å². The number of hydrogen-bond donors (Lipinski definition) is 0. The van der Waals surface area contributed by atoms with Crippen molar-refractivity contribution < 1.29 is 9.47 Å². The summed E-state index contributed by atoms with van der Waals surface area (Å²) in [5, 5.41) is 7.53. The van der Waals surface area contributed by atoms with E-state index < -0.39 is 0 Å². The molecule has 0 saturated carbocycles. The first-order chi connectivity index (χ1) is 12.7. The molecule has 0 spiro atoms. The third kappa shape index (κ3) is 4.68. The molecule has 0 unspecified atom stereocenters. The van der Waals surface area contributed by atoms with Gasteiger partial charge in [-0.1, -0.05) is 29.8 Å². The van der Waals surface area contributed by atoms with Gasteiger partial charge >= 0.3 is 0 Å². The van der Waals surface area contributed by atoms with Gasteiger partial charge in [0, 0.05) is 37.7 Å². The van der Waals surface area contributed by atoms with Crippen LogP contribution in [-0.2, 0) is 6.54 Å². The first-order valence-corrected chi connectivity index (χ1v) is 9.04. The summed E-state index contributed by atoms with van der Waals surface area (Å²) >= 11 is 6.26. The molecule has 2 aromatic rings. The fourth-order valence-corrected chi connectivity index (χ4v) is 3.16. The van der Waals surface area contributed by atoms with Gasteiger partial charge in [-0.25, -0.2) is 0 Å². The van der Waals surface area contributed by atoms with E-state index in [2.05, 4.69) is 21.1 Å². The summed E-state index contributed by atoms with van der Waals surface area (Å²) < 4.78 is 10.6. The lowest BCUT2D eigenvalue weighted by Gasteiger charge is -2.33. The van der Waals surface area contributed by atoms with Crippen LogP contribution in [0.3, 0.4) is 0 Å². The molecule has 0 radical (unpaired) electrons. The first-order valence-electron chi connectivity index (χ1n) is 8.66. The van der Waals surface area contributed by atoms with Crippen LogP contribution in [0.5, 0.6) is 11.5 Å². The summed E-state index contributed by atoms with van der Waals surface area (Å²) in [6, 6.07) is 13.8. The quantitative estimate of drug-likeness (QED) is 0.726. The van der Waals surface area contributed by atoms with Crippen molar-refractivity contribution in [2.45, 2.75) is 6.54 Å². The predicted octanol–water partition coefficient (Wildman–Crippen LogP) is 3.51. The number of benzene rings is 2. The highest BCUT2D eigenvalue weighted by Gasteiger charge is 2.16. The van der Waals surface area contributed by atoms with Gasteiger partial charge in [0.1, 0.15) is 0 Å². The third-order valence-corrected chi connectivity index (χ3v) is 4.85. The molecule has 1 fully saturated rings. The van der Waals surface area contributed by atoms with Gasteiger partial charge in [-0.2, -0.15) is 5.10 Å². The van der Waals surface area contributed by atoms with Crippen molar-refractivity contribution in [3.05, 3.63) is 58.6 Å². The molecule has 1 heterocycles. The standard InChI is InChI=1S/C20H24ClN3O2/c1-25-19-8-7-16(13-20(19)26-2)14-22-24-11-9-23(10-12-24)15-17-5-3-4-6-18(17)21/h3-8,13-14H,9-12,15H2,1-2H3/b22-14+. The minimum atomic E-state index is 0.709. The summed E-state index contributed by atoms with van der Waals surface area (Å²) in [6.07, 6.45) is 1.87. The minimum Gasteiger partial charge on any atom is -0.493 e. The molecule has 3 rings (SSSR count). The third-order valence-electron chi connectivity index (χ3n) is 4.48. The molecule has 0 bridgehead atoms. The lowest BCUT2D eigenvalue weighted by Crippen LogP contribution is -2.43. The second-order valence-corrected chi connectivity index (χ2v) is 6.59. The molecule has 0 aliphatic carbocycles. The van der Waals surface area contributed by atoms with E-state index in [4.69, 9.17) is 21.1 Å². The van der Waals surface area contributed by atoms with Gasteiger partial charge in [0.05, 0.1) is 20.4 Å². The Balaban J connectivity index is 1.54. The van der Waals surface area contributed by atoms with Crippen LogP contribution in [0.15, 0.2) is 47.6 Å². The highest BCUT2D eigenvalue weighted by Crippen LogP contribution is 2.27. The fourth-order valence-electron chi connectivity index (χ4n) is 2.96. The number of rotatable bonds is 6. The largest absolute Gasteiger partial charge is 0.493 e. The van der Waals surface area contributed by atoms with E-state index in [0.717, 1.165) is 49.1 Å². The SMILES string of the molecule is COc1ccc(/C=N/N2CCN(Cc3ccccc3Cl)CC2)cc1OC. The van der Waals surface area contributed by atoms with E-state index in [1.807, 2.05) is 42.6 Å². The number of halogens is 1. The zero-order valence-corrected chi connectivity index (χ0v) is 15.9. The monoisotopic (exact) mass is 373 g/mol. The molecule has 1 aliphatic rings. The van der Waals surface area contributed by atoms with Crippen LogP contribution in [-0.4, -0.2) is 56.5 Å². The summed E-state index contributed by atoms with van der Waals surface area (Å²) in [5.74, 6) is 1.43. The number of ether oxygens (including phenoxy) is 2. The van der Waals surface area contributed by atoms with E-state index in [0.29, 0.717) is 5.75 Å². The van der Waals surface area contributed by atoms with E-state index in [9.17, 15) is 0 Å². The van der Waals surface area contributed by atoms with Crippen LogP contribution >= 0.6 is 11.6 Å². The average Bonchev–Trinajstić information content (AvgIpc) is 2.69. The fraction of sp³-hybridized carbons (Fsp3) is 0.350. The van der Waals surface area contributed by atoms with Crippen LogP contribution in [0.25, 0.3) is 0 Å². The Hall–Kier alpha value is -2.24. The van der Waals surface area contributed by atoms with Crippen molar-refractivity contribution in [2.24, 2.45) is 5.10 Å². The highest BCUT2D eigenvalue weighted by molar-refractivity contribution is 6.31. The molecule has 0 amide bonds. The van der Waals surface area contributed by atoms with Crippen LogP contribution < -0.4 is 9.47 Å². The summed E-state index contributed by atoms with van der Waals surface area (Å²) in [7, 11) is 3.27. The molecular formula is C20H24ClN3O2. The average molecular weight is 374 g/mol. The van der Waals surface area contributed by atoms with Crippen LogP contribution in [0.2, 0.25) is 5.02 Å². The van der Waals surface area contributed by atoms with Gasteiger partial charge in [0.25, 0.3) is 0 Å². The van der Waals surface area contributed by atoms with Gasteiger partial charge in [0.2, 0.25) is 0 Å². The van der Waals surface area contributed by atoms with E-state index >= 15 is 0 Å². The molecular weight excluding hydrogens is 350 g/mol. The molecule has 0 atom stereocenters. The van der Waals surface area contributed by atoms with E-state index in [1.165, 1.54) is 5.56 Å². The number of hydrogen-bond acceptors (Lipinski definition) is 5. The summed E-state index contributed by atoms with van der Waals surface area (Å²) in [4.78, 5) is 2.41. The Morgan fingerprint density at radius 3 is 2.42 bits per heavy atom. The molecule has 138 valence electrons. The number of nitrogens with zero attached hydrogens (tertiary/aromatic N) is 3. The molecule has 1 saturated heterocycles. The van der Waals surface area contributed by atoms with Crippen LogP contribution in [0.4, 0.5) is 0 Å². The molecule has 26 heavy (non-hydrogen) atoms. The normalized spacial score (nSPS) is 15.4. The maximum absolute atomic E-state index is 6.26. The molecule has 6 heteroatoms. The molecule has 2 aromatic carbocycles. The van der Waals surface area contributed by atoms with Crippen molar-refractivity contribution in [3.63, 3.8) is 0 Å². The lowest BCUT2D eigenvalue weighted by atomic mass is 10.2. The maximum Gasteiger partial charge on any atom is 0.161 e. The van der Waals surface area contributed by atoms with Gasteiger partial charge in [-0.3, -0.25) is 9.91 Å². The van der Waals surface area contributed by atoms with Gasteiger partial charge in [0.15, 0.2) is 11.5 Å². The smallest absolute Gasteiger partial charge is 0.161 e. The van der Waals surface area contributed by atoms with Crippen molar-refractivity contribution >= 4 is 17.8 Å². The zero-order valence-electron chi connectivity index (χ0n) is 15.2. The van der Waals surface area contributed by atoms with Crippen LogP contribution in [0, 0.1) is 0 Å². The van der Waals surface area contributed by atoms with Crippen molar-refractivity contribution in [1.82, 2.24) is 9.91 Å². The Bertz CT molecular complexity index is 758. The Kier molecular flexibility index (Phi) is 6.36. The molecule has 0 N–H and O–H groups in total. The minimum absolute atomic E-state index is 0.709.